The van der Waals surface area contributed by atoms with Crippen LogP contribution in [0.4, 0.5) is 32.3 Å². The molecule has 1 N–H and O–H groups in total. The van der Waals surface area contributed by atoms with Gasteiger partial charge in [0.15, 0.2) is 17.5 Å². The number of nitrogens with one attached hydrogen (secondary N) is 1. The number of anilines is 4. The first kappa shape index (κ1) is 19.2. The minimum Gasteiger partial charge on any atom is -0.366 e. The maximum absolute atomic E-state index is 14.5. The molecule has 8 nitrogen and oxygen atoms in total. The molecule has 3 aromatic heterocycles. The summed E-state index contributed by atoms with van der Waals surface area (Å²) in [4.78, 5) is 31.9. The summed E-state index contributed by atoms with van der Waals surface area (Å²) in [6.07, 6.45) is 4.09. The van der Waals surface area contributed by atoms with Crippen LogP contribution in [-0.2, 0) is 0 Å². The van der Waals surface area contributed by atoms with E-state index in [1.807, 2.05) is 18.2 Å². The van der Waals surface area contributed by atoms with E-state index in [2.05, 4.69) is 20.2 Å². The lowest BCUT2D eigenvalue weighted by Gasteiger charge is -2.35. The van der Waals surface area contributed by atoms with Crippen molar-refractivity contribution in [3.8, 4) is 11.3 Å². The predicted molar refractivity (Wildman–Crippen MR) is 118 cm³/mol. The molecule has 3 aromatic rings. The Morgan fingerprint density at radius 1 is 1.23 bits per heavy atom. The van der Waals surface area contributed by atoms with E-state index in [9.17, 15) is 9.18 Å². The van der Waals surface area contributed by atoms with Crippen LogP contribution in [0.1, 0.15) is 6.42 Å². The van der Waals surface area contributed by atoms with Crippen molar-refractivity contribution in [3.63, 3.8) is 0 Å². The van der Waals surface area contributed by atoms with Gasteiger partial charge in [0.25, 0.3) is 0 Å². The molecule has 0 radical (unpaired) electrons. The zero-order valence-corrected chi connectivity index (χ0v) is 17.3. The number of rotatable bonds is 3. The van der Waals surface area contributed by atoms with E-state index in [-0.39, 0.29) is 17.9 Å². The van der Waals surface area contributed by atoms with Crippen molar-refractivity contribution in [1.82, 2.24) is 15.0 Å². The molecule has 0 unspecified atom stereocenters. The summed E-state index contributed by atoms with van der Waals surface area (Å²) in [5.74, 6) is 0.894. The van der Waals surface area contributed by atoms with Crippen molar-refractivity contribution in [2.24, 2.45) is 0 Å². The Kier molecular flexibility index (Phi) is 4.65. The summed E-state index contributed by atoms with van der Waals surface area (Å²) in [6.45, 7) is 1.62. The van der Waals surface area contributed by atoms with Gasteiger partial charge in [0.05, 0.1) is 17.4 Å². The molecule has 1 fully saturated rings. The molecule has 0 spiro atoms. The monoisotopic (exact) mass is 419 g/mol. The average Bonchev–Trinajstić information content (AvgIpc) is 3.18. The maximum atomic E-state index is 14.5. The van der Waals surface area contributed by atoms with E-state index in [0.717, 1.165) is 25.2 Å². The number of nitrogens with zero attached hydrogens (tertiary/aromatic N) is 6. The molecular weight excluding hydrogens is 397 g/mol. The van der Waals surface area contributed by atoms with Gasteiger partial charge in [-0.05, 0) is 36.8 Å². The Hall–Kier alpha value is -3.75. The second-order valence-electron chi connectivity index (χ2n) is 7.87. The minimum atomic E-state index is -0.421. The molecule has 2 aliphatic heterocycles. The molecule has 31 heavy (non-hydrogen) atoms. The smallest absolute Gasteiger partial charge is 0.329 e. The lowest BCUT2D eigenvalue weighted by Crippen LogP contribution is -2.48. The third-order valence-corrected chi connectivity index (χ3v) is 5.61. The number of carbonyl (C=O) groups excluding carboxylic acids is 1. The van der Waals surface area contributed by atoms with Gasteiger partial charge in [-0.3, -0.25) is 10.2 Å². The number of aromatic nitrogens is 3. The number of hydrogen-bond donors (Lipinski definition) is 1. The molecule has 0 saturated carbocycles. The number of pyridine rings is 3. The van der Waals surface area contributed by atoms with Crippen LogP contribution < -0.4 is 20.0 Å². The van der Waals surface area contributed by atoms with Crippen molar-refractivity contribution < 1.29 is 9.18 Å². The number of urea groups is 1. The summed E-state index contributed by atoms with van der Waals surface area (Å²) in [7, 11) is 3.48. The van der Waals surface area contributed by atoms with E-state index >= 15 is 0 Å². The second kappa shape index (κ2) is 7.50. The van der Waals surface area contributed by atoms with Crippen LogP contribution in [0.3, 0.4) is 0 Å². The third kappa shape index (κ3) is 3.41. The molecule has 5 rings (SSSR count). The van der Waals surface area contributed by atoms with E-state index in [4.69, 9.17) is 4.98 Å². The summed E-state index contributed by atoms with van der Waals surface area (Å²) >= 11 is 0. The highest BCUT2D eigenvalue weighted by Gasteiger charge is 2.40. The summed E-state index contributed by atoms with van der Waals surface area (Å²) in [5, 5.41) is 2.86. The van der Waals surface area contributed by atoms with Crippen molar-refractivity contribution in [2.45, 2.75) is 12.5 Å². The lowest BCUT2D eigenvalue weighted by molar-refractivity contribution is 0.254. The summed E-state index contributed by atoms with van der Waals surface area (Å²) in [6, 6.07) is 10.3. The first-order valence-electron chi connectivity index (χ1n) is 10.1. The van der Waals surface area contributed by atoms with Crippen LogP contribution in [0.15, 0.2) is 48.8 Å². The Bertz CT molecular complexity index is 1140. The van der Waals surface area contributed by atoms with Gasteiger partial charge in [0.2, 0.25) is 0 Å². The summed E-state index contributed by atoms with van der Waals surface area (Å²) in [5.41, 5.74) is 2.02. The van der Waals surface area contributed by atoms with E-state index in [1.165, 1.54) is 6.07 Å². The van der Waals surface area contributed by atoms with Gasteiger partial charge in [-0.25, -0.2) is 24.1 Å². The molecule has 0 aromatic carbocycles. The highest BCUT2D eigenvalue weighted by molar-refractivity contribution is 6.04. The van der Waals surface area contributed by atoms with Crippen LogP contribution in [0.5, 0.6) is 0 Å². The average molecular weight is 419 g/mol. The molecule has 158 valence electrons. The lowest BCUT2D eigenvalue weighted by atomic mass is 10.1. The van der Waals surface area contributed by atoms with Gasteiger partial charge >= 0.3 is 6.03 Å². The van der Waals surface area contributed by atoms with Crippen LogP contribution in [0.2, 0.25) is 0 Å². The SMILES string of the molecule is CN(C)c1ncc(-c2ccc3c(n2)N(C(=O)Nc2ccccn2)[C@H]2CCN3C2)cc1F. The third-order valence-electron chi connectivity index (χ3n) is 5.61. The zero-order chi connectivity index (χ0) is 21.5. The Labute approximate surface area is 179 Å². The van der Waals surface area contributed by atoms with E-state index in [1.54, 1.807) is 48.4 Å². The van der Waals surface area contributed by atoms with Gasteiger partial charge in [0.1, 0.15) is 5.82 Å². The molecular formula is C22H22FN7O. The first-order valence-corrected chi connectivity index (χ1v) is 10.1. The fourth-order valence-corrected chi connectivity index (χ4v) is 4.14. The Morgan fingerprint density at radius 3 is 2.84 bits per heavy atom. The Morgan fingerprint density at radius 2 is 2.10 bits per heavy atom. The largest absolute Gasteiger partial charge is 0.366 e. The number of carbonyl (C=O) groups is 1. The standard InChI is InChI=1S/C22H22FN7O/c1-28(2)20-16(23)11-14(12-25-20)17-6-7-18-21(26-17)30(15-8-10-29(18)13-15)22(31)27-19-5-3-4-9-24-19/h3-7,9,11-12,15H,8,10,13H2,1-2H3,(H,24,27,31)/t15-/m0/s1. The number of amides is 2. The van der Waals surface area contributed by atoms with Crippen molar-refractivity contribution in [3.05, 3.63) is 54.6 Å². The molecule has 9 heteroatoms. The number of fused-ring (bicyclic) bond motifs is 4. The number of halogens is 1. The van der Waals surface area contributed by atoms with Crippen molar-refractivity contribution >= 4 is 29.2 Å². The fourth-order valence-electron chi connectivity index (χ4n) is 4.14. The highest BCUT2D eigenvalue weighted by Crippen LogP contribution is 2.40. The topological polar surface area (TPSA) is 77.5 Å². The van der Waals surface area contributed by atoms with Crippen LogP contribution in [-0.4, -0.2) is 54.2 Å². The van der Waals surface area contributed by atoms with Crippen LogP contribution >= 0.6 is 0 Å². The van der Waals surface area contributed by atoms with Gasteiger partial charge in [-0.15, -0.1) is 0 Å². The van der Waals surface area contributed by atoms with Gasteiger partial charge in [-0.1, -0.05) is 6.07 Å². The fraction of sp³-hybridized carbons (Fsp3) is 0.273. The van der Waals surface area contributed by atoms with E-state index < -0.39 is 5.82 Å². The van der Waals surface area contributed by atoms with Crippen molar-refractivity contribution in [2.75, 3.05) is 47.2 Å². The summed E-state index contributed by atoms with van der Waals surface area (Å²) < 4.78 is 14.5. The highest BCUT2D eigenvalue weighted by atomic mass is 19.1. The molecule has 5 heterocycles. The molecule has 0 aliphatic carbocycles. The van der Waals surface area contributed by atoms with Gasteiger partial charge < -0.3 is 9.80 Å². The molecule has 2 aliphatic rings. The van der Waals surface area contributed by atoms with Crippen molar-refractivity contribution in [1.29, 1.82) is 0 Å². The normalized spacial score (nSPS) is 16.8. The van der Waals surface area contributed by atoms with Gasteiger partial charge in [0, 0.05) is 45.1 Å². The molecule has 1 atom stereocenters. The maximum Gasteiger partial charge on any atom is 0.329 e. The Balaban J connectivity index is 1.52. The first-order chi connectivity index (χ1) is 15.0. The zero-order valence-electron chi connectivity index (χ0n) is 17.3. The van der Waals surface area contributed by atoms with Crippen LogP contribution in [0.25, 0.3) is 11.3 Å². The molecule has 2 bridgehead atoms. The predicted octanol–water partition coefficient (Wildman–Crippen LogP) is 3.37. The van der Waals surface area contributed by atoms with Gasteiger partial charge in [-0.2, -0.15) is 0 Å². The molecule has 2 amide bonds. The molecule has 1 saturated heterocycles. The second-order valence-corrected chi connectivity index (χ2v) is 7.87. The van der Waals surface area contributed by atoms with Crippen LogP contribution in [0, 0.1) is 5.82 Å². The van der Waals surface area contributed by atoms with E-state index in [0.29, 0.717) is 22.9 Å². The minimum absolute atomic E-state index is 0.0185. The number of hydrogen-bond acceptors (Lipinski definition) is 6. The quantitative estimate of drug-likeness (QED) is 0.701.